The number of nitro groups is 1. The van der Waals surface area contributed by atoms with Crippen molar-refractivity contribution in [2.75, 3.05) is 11.6 Å². The van der Waals surface area contributed by atoms with E-state index in [2.05, 4.69) is 0 Å². The second-order valence-corrected chi connectivity index (χ2v) is 2.94. The molecule has 0 spiro atoms. The Kier molecular flexibility index (Phi) is 1.66. The zero-order valence-electron chi connectivity index (χ0n) is 6.80. The van der Waals surface area contributed by atoms with Gasteiger partial charge in [0.15, 0.2) is 0 Å². The minimum absolute atomic E-state index is 0.0778. The number of hydroxylamine groups is 1. The first kappa shape index (κ1) is 8.00. The highest BCUT2D eigenvalue weighted by Gasteiger charge is 2.19. The van der Waals surface area contributed by atoms with Gasteiger partial charge in [0.2, 0.25) is 0 Å². The molecule has 68 valence electrons. The maximum absolute atomic E-state index is 10.4. The fraction of sp³-hybridized carbons (Fsp3) is 0.250. The van der Waals surface area contributed by atoms with Gasteiger partial charge in [0.1, 0.15) is 0 Å². The van der Waals surface area contributed by atoms with Crippen molar-refractivity contribution in [2.45, 2.75) is 6.42 Å². The Morgan fingerprint density at radius 2 is 2.31 bits per heavy atom. The Morgan fingerprint density at radius 1 is 1.54 bits per heavy atom. The molecule has 1 aromatic rings. The molecule has 1 aromatic carbocycles. The Hall–Kier alpha value is -1.62. The third-order valence-electron chi connectivity index (χ3n) is 2.14. The SMILES string of the molecule is O=[N+]([O-])c1ccc2c(c1)CCN2O. The van der Waals surface area contributed by atoms with Crippen LogP contribution in [0.4, 0.5) is 11.4 Å². The maximum atomic E-state index is 10.4. The van der Waals surface area contributed by atoms with E-state index in [1.807, 2.05) is 0 Å². The van der Waals surface area contributed by atoms with Gasteiger partial charge in [-0.2, -0.15) is 0 Å². The second-order valence-electron chi connectivity index (χ2n) is 2.94. The number of benzene rings is 1. The Labute approximate surface area is 74.3 Å². The summed E-state index contributed by atoms with van der Waals surface area (Å²) in [5.74, 6) is 0. The number of nitrogens with zero attached hydrogens (tertiary/aromatic N) is 2. The molecule has 1 heterocycles. The lowest BCUT2D eigenvalue weighted by Gasteiger charge is -2.08. The zero-order chi connectivity index (χ0) is 9.42. The molecular weight excluding hydrogens is 172 g/mol. The van der Waals surface area contributed by atoms with Crippen molar-refractivity contribution in [1.82, 2.24) is 0 Å². The Balaban J connectivity index is 2.45. The highest BCUT2D eigenvalue weighted by atomic mass is 16.6. The van der Waals surface area contributed by atoms with E-state index in [0.717, 1.165) is 10.6 Å². The predicted molar refractivity (Wildman–Crippen MR) is 45.9 cm³/mol. The molecule has 0 atom stereocenters. The summed E-state index contributed by atoms with van der Waals surface area (Å²) in [6.07, 6.45) is 0.660. The van der Waals surface area contributed by atoms with E-state index in [-0.39, 0.29) is 5.69 Å². The van der Waals surface area contributed by atoms with Crippen molar-refractivity contribution in [3.63, 3.8) is 0 Å². The topological polar surface area (TPSA) is 66.6 Å². The van der Waals surface area contributed by atoms with Crippen molar-refractivity contribution in [2.24, 2.45) is 0 Å². The van der Waals surface area contributed by atoms with Gasteiger partial charge in [0, 0.05) is 18.7 Å². The van der Waals surface area contributed by atoms with Crippen LogP contribution in [0, 0.1) is 10.1 Å². The molecule has 0 saturated carbocycles. The standard InChI is InChI=1S/C8H8N2O3/c11-9-4-3-6-5-7(10(12)13)1-2-8(6)9/h1-2,5,11H,3-4H2. The van der Waals surface area contributed by atoms with Gasteiger partial charge in [0.05, 0.1) is 10.6 Å². The Morgan fingerprint density at radius 3 is 3.00 bits per heavy atom. The lowest BCUT2D eigenvalue weighted by molar-refractivity contribution is -0.384. The van der Waals surface area contributed by atoms with Crippen molar-refractivity contribution in [1.29, 1.82) is 0 Å². The summed E-state index contributed by atoms with van der Waals surface area (Å²) in [5, 5.41) is 20.8. The van der Waals surface area contributed by atoms with E-state index >= 15 is 0 Å². The number of nitro benzene ring substituents is 1. The Bertz CT molecular complexity index is 364. The van der Waals surface area contributed by atoms with E-state index in [4.69, 9.17) is 0 Å². The van der Waals surface area contributed by atoms with Gasteiger partial charge in [-0.15, -0.1) is 0 Å². The van der Waals surface area contributed by atoms with Crippen LogP contribution in [0.3, 0.4) is 0 Å². The monoisotopic (exact) mass is 180 g/mol. The van der Waals surface area contributed by atoms with E-state index in [9.17, 15) is 15.3 Å². The fourth-order valence-corrected chi connectivity index (χ4v) is 1.48. The zero-order valence-corrected chi connectivity index (χ0v) is 6.80. The normalized spacial score (nSPS) is 14.4. The fourth-order valence-electron chi connectivity index (χ4n) is 1.48. The third kappa shape index (κ3) is 1.23. The maximum Gasteiger partial charge on any atom is 0.269 e. The third-order valence-corrected chi connectivity index (χ3v) is 2.14. The first-order chi connectivity index (χ1) is 6.18. The molecule has 0 fully saturated rings. The smallest absolute Gasteiger partial charge is 0.269 e. The van der Waals surface area contributed by atoms with Crippen LogP contribution in [-0.4, -0.2) is 16.7 Å². The van der Waals surface area contributed by atoms with E-state index < -0.39 is 4.92 Å². The molecule has 5 nitrogen and oxygen atoms in total. The van der Waals surface area contributed by atoms with Crippen LogP contribution in [-0.2, 0) is 6.42 Å². The van der Waals surface area contributed by atoms with Gasteiger partial charge in [-0.05, 0) is 18.1 Å². The number of hydrogen-bond donors (Lipinski definition) is 1. The number of non-ortho nitro benzene ring substituents is 1. The molecule has 2 rings (SSSR count). The summed E-state index contributed by atoms with van der Waals surface area (Å²) in [7, 11) is 0. The van der Waals surface area contributed by atoms with Crippen LogP contribution in [0.5, 0.6) is 0 Å². The first-order valence-corrected chi connectivity index (χ1v) is 3.92. The van der Waals surface area contributed by atoms with Gasteiger partial charge in [-0.25, -0.2) is 0 Å². The van der Waals surface area contributed by atoms with Crippen LogP contribution in [0.1, 0.15) is 5.56 Å². The van der Waals surface area contributed by atoms with Crippen LogP contribution >= 0.6 is 0 Å². The minimum Gasteiger partial charge on any atom is -0.288 e. The quantitative estimate of drug-likeness (QED) is 0.523. The molecule has 0 unspecified atom stereocenters. The molecule has 1 aliphatic heterocycles. The molecular formula is C8H8N2O3. The summed E-state index contributed by atoms with van der Waals surface area (Å²) in [5.41, 5.74) is 1.58. The molecule has 0 aromatic heterocycles. The van der Waals surface area contributed by atoms with E-state index in [1.54, 1.807) is 6.07 Å². The van der Waals surface area contributed by atoms with Crippen molar-refractivity contribution in [3.05, 3.63) is 33.9 Å². The lowest BCUT2D eigenvalue weighted by Crippen LogP contribution is -2.13. The second kappa shape index (κ2) is 2.70. The number of hydrogen-bond acceptors (Lipinski definition) is 4. The molecule has 13 heavy (non-hydrogen) atoms. The van der Waals surface area contributed by atoms with Gasteiger partial charge < -0.3 is 0 Å². The summed E-state index contributed by atoms with van der Waals surface area (Å²) < 4.78 is 0. The minimum atomic E-state index is -0.430. The molecule has 0 amide bonds. The summed E-state index contributed by atoms with van der Waals surface area (Å²) in [4.78, 5) is 9.98. The van der Waals surface area contributed by atoms with Crippen molar-refractivity contribution < 1.29 is 10.1 Å². The van der Waals surface area contributed by atoms with Gasteiger partial charge in [0.25, 0.3) is 5.69 Å². The number of anilines is 1. The largest absolute Gasteiger partial charge is 0.288 e. The molecule has 1 aliphatic rings. The molecule has 0 saturated heterocycles. The molecule has 0 aliphatic carbocycles. The van der Waals surface area contributed by atoms with Crippen LogP contribution in [0.2, 0.25) is 0 Å². The van der Waals surface area contributed by atoms with E-state index in [0.29, 0.717) is 18.7 Å². The number of rotatable bonds is 1. The van der Waals surface area contributed by atoms with Crippen LogP contribution < -0.4 is 5.06 Å². The lowest BCUT2D eigenvalue weighted by atomic mass is 10.1. The number of fused-ring (bicyclic) bond motifs is 1. The highest BCUT2D eigenvalue weighted by molar-refractivity contribution is 5.59. The summed E-state index contributed by atoms with van der Waals surface area (Å²) in [6, 6.07) is 4.47. The summed E-state index contributed by atoms with van der Waals surface area (Å²) >= 11 is 0. The predicted octanol–water partition coefficient (Wildman–Crippen LogP) is 1.35. The van der Waals surface area contributed by atoms with Crippen molar-refractivity contribution >= 4 is 11.4 Å². The van der Waals surface area contributed by atoms with E-state index in [1.165, 1.54) is 12.1 Å². The van der Waals surface area contributed by atoms with Crippen molar-refractivity contribution in [3.8, 4) is 0 Å². The van der Waals surface area contributed by atoms with Crippen LogP contribution in [0.25, 0.3) is 0 Å². The van der Waals surface area contributed by atoms with Crippen LogP contribution in [0.15, 0.2) is 18.2 Å². The molecule has 5 heteroatoms. The average molecular weight is 180 g/mol. The highest BCUT2D eigenvalue weighted by Crippen LogP contribution is 2.29. The summed E-state index contributed by atoms with van der Waals surface area (Å²) in [6.45, 7) is 0.510. The van der Waals surface area contributed by atoms with Gasteiger partial charge in [-0.1, -0.05) is 0 Å². The molecule has 0 radical (unpaired) electrons. The average Bonchev–Trinajstić information content (AvgIpc) is 2.47. The first-order valence-electron chi connectivity index (χ1n) is 3.92. The molecule has 1 N–H and O–H groups in total. The van der Waals surface area contributed by atoms with Gasteiger partial charge in [-0.3, -0.25) is 20.4 Å². The molecule has 0 bridgehead atoms. The van der Waals surface area contributed by atoms with Gasteiger partial charge >= 0.3 is 0 Å².